The Morgan fingerprint density at radius 3 is 2.80 bits per heavy atom. The highest BCUT2D eigenvalue weighted by molar-refractivity contribution is 5.74. The van der Waals surface area contributed by atoms with Crippen molar-refractivity contribution in [3.05, 3.63) is 0 Å². The molecule has 0 spiro atoms. The van der Waals surface area contributed by atoms with Crippen LogP contribution in [-0.4, -0.2) is 12.1 Å². The molecule has 0 aliphatic carbocycles. The van der Waals surface area contributed by atoms with E-state index in [0.717, 1.165) is 19.3 Å². The number of carbonyl (C=O) groups is 1. The smallest absolute Gasteiger partial charge is 0.309 e. The van der Waals surface area contributed by atoms with Crippen molar-refractivity contribution in [3.63, 3.8) is 0 Å². The second-order valence-corrected chi connectivity index (χ2v) is 2.97. The van der Waals surface area contributed by atoms with E-state index in [1.807, 2.05) is 6.92 Å². The van der Waals surface area contributed by atoms with Gasteiger partial charge in [0.05, 0.1) is 12.0 Å². The first-order valence-corrected chi connectivity index (χ1v) is 3.94. The second kappa shape index (κ2) is 3.04. The molecule has 0 aromatic heterocycles. The number of ether oxygens (including phenoxy) is 1. The summed E-state index contributed by atoms with van der Waals surface area (Å²) < 4.78 is 4.99. The van der Waals surface area contributed by atoms with Gasteiger partial charge in [0.25, 0.3) is 0 Å². The van der Waals surface area contributed by atoms with Gasteiger partial charge in [0.15, 0.2) is 0 Å². The summed E-state index contributed by atoms with van der Waals surface area (Å²) in [6, 6.07) is 0. The molecule has 2 atom stereocenters. The average molecular weight is 142 g/mol. The van der Waals surface area contributed by atoms with E-state index in [4.69, 9.17) is 4.74 Å². The van der Waals surface area contributed by atoms with Gasteiger partial charge in [0.2, 0.25) is 0 Å². The molecule has 2 heteroatoms. The minimum absolute atomic E-state index is 0.00866. The summed E-state index contributed by atoms with van der Waals surface area (Å²) in [6.07, 6.45) is 3.14. The third-order valence-electron chi connectivity index (χ3n) is 1.90. The highest BCUT2D eigenvalue weighted by Gasteiger charge is 2.30. The lowest BCUT2D eigenvalue weighted by Gasteiger charge is -1.99. The first-order valence-electron chi connectivity index (χ1n) is 3.94. The van der Waals surface area contributed by atoms with Gasteiger partial charge in [-0.1, -0.05) is 13.3 Å². The van der Waals surface area contributed by atoms with E-state index in [1.165, 1.54) is 0 Å². The molecule has 58 valence electrons. The van der Waals surface area contributed by atoms with Crippen molar-refractivity contribution in [2.45, 2.75) is 39.2 Å². The van der Waals surface area contributed by atoms with E-state index in [9.17, 15) is 4.79 Å². The van der Waals surface area contributed by atoms with Crippen molar-refractivity contribution in [3.8, 4) is 0 Å². The first kappa shape index (κ1) is 7.58. The summed E-state index contributed by atoms with van der Waals surface area (Å²) in [5.74, 6) is 0.203. The van der Waals surface area contributed by atoms with E-state index in [0.29, 0.717) is 0 Å². The molecule has 1 rings (SSSR count). The van der Waals surface area contributed by atoms with Gasteiger partial charge in [-0.15, -0.1) is 0 Å². The molecule has 0 radical (unpaired) electrons. The molecular formula is C8H14O2. The Hall–Kier alpha value is -0.530. The van der Waals surface area contributed by atoms with Crippen LogP contribution in [0.1, 0.15) is 33.1 Å². The molecule has 1 saturated heterocycles. The van der Waals surface area contributed by atoms with Crippen LogP contribution in [-0.2, 0) is 9.53 Å². The predicted molar refractivity (Wildman–Crippen MR) is 38.6 cm³/mol. The Balaban J connectivity index is 2.39. The summed E-state index contributed by atoms with van der Waals surface area (Å²) in [5.41, 5.74) is 0. The minimum atomic E-state index is 0.00866. The Morgan fingerprint density at radius 2 is 2.40 bits per heavy atom. The van der Waals surface area contributed by atoms with Crippen molar-refractivity contribution < 1.29 is 9.53 Å². The van der Waals surface area contributed by atoms with Crippen molar-refractivity contribution in [2.75, 3.05) is 0 Å². The van der Waals surface area contributed by atoms with Gasteiger partial charge < -0.3 is 4.74 Å². The Morgan fingerprint density at radius 1 is 1.70 bits per heavy atom. The van der Waals surface area contributed by atoms with Gasteiger partial charge in [0.1, 0.15) is 0 Å². The number of hydrogen-bond acceptors (Lipinski definition) is 2. The molecule has 0 N–H and O–H groups in total. The molecule has 1 fully saturated rings. The summed E-state index contributed by atoms with van der Waals surface area (Å²) in [4.78, 5) is 11.0. The van der Waals surface area contributed by atoms with Crippen molar-refractivity contribution in [2.24, 2.45) is 5.92 Å². The molecule has 0 aromatic rings. The van der Waals surface area contributed by atoms with Gasteiger partial charge in [0, 0.05) is 0 Å². The minimum Gasteiger partial charge on any atom is -0.462 e. The Labute approximate surface area is 61.6 Å². The predicted octanol–water partition coefficient (Wildman–Crippen LogP) is 1.74. The normalized spacial score (nSPS) is 32.4. The topological polar surface area (TPSA) is 26.3 Å². The number of esters is 1. The largest absolute Gasteiger partial charge is 0.462 e. The molecule has 1 aliphatic rings. The van der Waals surface area contributed by atoms with E-state index in [-0.39, 0.29) is 18.0 Å². The molecule has 2 nitrogen and oxygen atoms in total. The van der Waals surface area contributed by atoms with E-state index < -0.39 is 0 Å². The van der Waals surface area contributed by atoms with Gasteiger partial charge in [-0.05, 0) is 19.8 Å². The lowest BCUT2D eigenvalue weighted by Crippen LogP contribution is -2.06. The molecule has 0 bridgehead atoms. The van der Waals surface area contributed by atoms with Crippen LogP contribution >= 0.6 is 0 Å². The van der Waals surface area contributed by atoms with Crippen LogP contribution in [0.4, 0.5) is 0 Å². The molecule has 1 heterocycles. The van der Waals surface area contributed by atoms with Crippen LogP contribution in [0.25, 0.3) is 0 Å². The third kappa shape index (κ3) is 1.49. The van der Waals surface area contributed by atoms with Crippen molar-refractivity contribution >= 4 is 5.97 Å². The lowest BCUT2D eigenvalue weighted by molar-refractivity contribution is -0.143. The molecule has 2 unspecified atom stereocenters. The van der Waals surface area contributed by atoms with Crippen molar-refractivity contribution in [1.29, 1.82) is 0 Å². The standard InChI is InChI=1S/C8H14O2/c1-3-4-7-5-6(2)10-8(7)9/h6-7H,3-5H2,1-2H3. The number of cyclic esters (lactones) is 1. The molecule has 0 saturated carbocycles. The van der Waals surface area contributed by atoms with Crippen molar-refractivity contribution in [1.82, 2.24) is 0 Å². The second-order valence-electron chi connectivity index (χ2n) is 2.97. The summed E-state index contributed by atoms with van der Waals surface area (Å²) >= 11 is 0. The van der Waals surface area contributed by atoms with E-state index in [2.05, 4.69) is 6.92 Å². The summed E-state index contributed by atoms with van der Waals surface area (Å²) in [5, 5.41) is 0. The van der Waals surface area contributed by atoms with Gasteiger partial charge in [-0.2, -0.15) is 0 Å². The summed E-state index contributed by atoms with van der Waals surface area (Å²) in [6.45, 7) is 4.05. The SMILES string of the molecule is CCCC1CC(C)OC1=O. The maximum atomic E-state index is 11.0. The van der Waals surface area contributed by atoms with E-state index >= 15 is 0 Å². The van der Waals surface area contributed by atoms with Crippen LogP contribution in [0.5, 0.6) is 0 Å². The Bertz CT molecular complexity index is 131. The third-order valence-corrected chi connectivity index (χ3v) is 1.90. The lowest BCUT2D eigenvalue weighted by atomic mass is 10.0. The zero-order valence-electron chi connectivity index (χ0n) is 6.59. The van der Waals surface area contributed by atoms with Gasteiger partial charge in [-0.25, -0.2) is 0 Å². The summed E-state index contributed by atoms with van der Waals surface area (Å²) in [7, 11) is 0. The maximum absolute atomic E-state index is 11.0. The Kier molecular flexibility index (Phi) is 2.30. The van der Waals surface area contributed by atoms with Crippen LogP contribution in [0, 0.1) is 5.92 Å². The monoisotopic (exact) mass is 142 g/mol. The van der Waals surface area contributed by atoms with Gasteiger partial charge >= 0.3 is 5.97 Å². The fourth-order valence-corrected chi connectivity index (χ4v) is 1.42. The fraction of sp³-hybridized carbons (Fsp3) is 0.875. The van der Waals surface area contributed by atoms with Crippen LogP contribution < -0.4 is 0 Å². The number of hydrogen-bond donors (Lipinski definition) is 0. The molecule has 0 aromatic carbocycles. The van der Waals surface area contributed by atoms with Crippen LogP contribution in [0.3, 0.4) is 0 Å². The van der Waals surface area contributed by atoms with Gasteiger partial charge in [-0.3, -0.25) is 4.79 Å². The molecule has 10 heavy (non-hydrogen) atoms. The molecule has 1 aliphatic heterocycles. The average Bonchev–Trinajstić information content (AvgIpc) is 2.13. The number of carbonyl (C=O) groups excluding carboxylic acids is 1. The fourth-order valence-electron chi connectivity index (χ4n) is 1.42. The number of rotatable bonds is 2. The molecular weight excluding hydrogens is 128 g/mol. The van der Waals surface area contributed by atoms with Crippen LogP contribution in [0.15, 0.2) is 0 Å². The maximum Gasteiger partial charge on any atom is 0.309 e. The highest BCUT2D eigenvalue weighted by Crippen LogP contribution is 2.24. The first-order chi connectivity index (χ1) is 4.74. The zero-order chi connectivity index (χ0) is 7.56. The molecule has 0 amide bonds. The van der Waals surface area contributed by atoms with Crippen LogP contribution in [0.2, 0.25) is 0 Å². The quantitative estimate of drug-likeness (QED) is 0.549. The van der Waals surface area contributed by atoms with E-state index in [1.54, 1.807) is 0 Å². The zero-order valence-corrected chi connectivity index (χ0v) is 6.59. The highest BCUT2D eigenvalue weighted by atomic mass is 16.5.